The summed E-state index contributed by atoms with van der Waals surface area (Å²) >= 11 is 7.86. The maximum Gasteiger partial charge on any atom is 0.237 e. The predicted octanol–water partition coefficient (Wildman–Crippen LogP) is 3.54. The quantitative estimate of drug-likeness (QED) is 0.694. The number of thioether (sulfide) groups is 1. The summed E-state index contributed by atoms with van der Waals surface area (Å²) in [5.41, 5.74) is 2.39. The van der Waals surface area contributed by atoms with E-state index in [4.69, 9.17) is 11.6 Å². The van der Waals surface area contributed by atoms with E-state index in [0.717, 1.165) is 36.6 Å². The number of carbonyl (C=O) groups is 1. The van der Waals surface area contributed by atoms with Crippen molar-refractivity contribution in [3.05, 3.63) is 64.7 Å². The lowest BCUT2D eigenvalue weighted by atomic mass is 10.1. The molecule has 1 fully saturated rings. The molecule has 2 N–H and O–H groups in total. The summed E-state index contributed by atoms with van der Waals surface area (Å²) in [4.78, 5) is 15.9. The zero-order valence-electron chi connectivity index (χ0n) is 15.7. The lowest BCUT2D eigenvalue weighted by Gasteiger charge is -2.23. The molecular weight excluding hydrogens is 378 g/mol. The van der Waals surface area contributed by atoms with Gasteiger partial charge in [0.15, 0.2) is 0 Å². The van der Waals surface area contributed by atoms with Crippen LogP contribution in [0.15, 0.2) is 53.4 Å². The summed E-state index contributed by atoms with van der Waals surface area (Å²) in [7, 11) is 1.70. The van der Waals surface area contributed by atoms with E-state index in [2.05, 4.69) is 52.1 Å². The van der Waals surface area contributed by atoms with Crippen LogP contribution in [0, 0.1) is 0 Å². The van der Waals surface area contributed by atoms with Crippen LogP contribution in [0.4, 0.5) is 0 Å². The third-order valence-electron chi connectivity index (χ3n) is 4.98. The first-order valence-electron chi connectivity index (χ1n) is 9.15. The Kier molecular flexibility index (Phi) is 7.19. The van der Waals surface area contributed by atoms with E-state index in [0.29, 0.717) is 0 Å². The maximum atomic E-state index is 12.4. The third-order valence-corrected chi connectivity index (χ3v) is 5.96. The smallest absolute Gasteiger partial charge is 0.237 e. The van der Waals surface area contributed by atoms with Gasteiger partial charge < -0.3 is 10.6 Å². The van der Waals surface area contributed by atoms with Gasteiger partial charge in [0.25, 0.3) is 0 Å². The number of carbonyl (C=O) groups excluding carboxylic acids is 1. The molecule has 1 aliphatic heterocycles. The molecule has 144 valence electrons. The van der Waals surface area contributed by atoms with E-state index in [1.807, 2.05) is 18.2 Å². The van der Waals surface area contributed by atoms with Crippen LogP contribution >= 0.6 is 23.4 Å². The molecule has 1 saturated heterocycles. The second-order valence-electron chi connectivity index (χ2n) is 6.85. The number of hydrogen-bond donors (Lipinski definition) is 2. The highest BCUT2D eigenvalue weighted by Gasteiger charge is 2.36. The highest BCUT2D eigenvalue weighted by atomic mass is 35.5. The van der Waals surface area contributed by atoms with Crippen LogP contribution in [0.2, 0.25) is 5.02 Å². The van der Waals surface area contributed by atoms with Gasteiger partial charge in [0.05, 0.1) is 6.04 Å². The van der Waals surface area contributed by atoms with Crippen LogP contribution in [0.3, 0.4) is 0 Å². The third kappa shape index (κ3) is 5.48. The summed E-state index contributed by atoms with van der Waals surface area (Å²) in [6.07, 6.45) is 2.89. The zero-order valence-corrected chi connectivity index (χ0v) is 17.3. The summed E-state index contributed by atoms with van der Waals surface area (Å²) in [5.74, 6) is 0.0747. The highest BCUT2D eigenvalue weighted by molar-refractivity contribution is 7.98. The van der Waals surface area contributed by atoms with Crippen LogP contribution < -0.4 is 10.6 Å². The molecule has 1 heterocycles. The van der Waals surface area contributed by atoms with E-state index in [1.54, 1.807) is 18.8 Å². The van der Waals surface area contributed by atoms with Crippen molar-refractivity contribution in [3.63, 3.8) is 0 Å². The highest BCUT2D eigenvalue weighted by Crippen LogP contribution is 2.23. The van der Waals surface area contributed by atoms with Gasteiger partial charge in [-0.25, -0.2) is 0 Å². The van der Waals surface area contributed by atoms with Gasteiger partial charge in [-0.05, 0) is 48.1 Å². The summed E-state index contributed by atoms with van der Waals surface area (Å²) in [5, 5.41) is 7.15. The Hall–Kier alpha value is -1.53. The number of benzene rings is 2. The van der Waals surface area contributed by atoms with Crippen molar-refractivity contribution in [1.29, 1.82) is 0 Å². The fourth-order valence-electron chi connectivity index (χ4n) is 3.54. The van der Waals surface area contributed by atoms with Gasteiger partial charge in [0.2, 0.25) is 5.91 Å². The van der Waals surface area contributed by atoms with Gasteiger partial charge in [-0.15, -0.1) is 11.8 Å². The molecule has 2 aromatic rings. The van der Waals surface area contributed by atoms with Crippen molar-refractivity contribution in [2.75, 3.05) is 19.8 Å². The predicted molar refractivity (Wildman–Crippen MR) is 113 cm³/mol. The molecule has 0 bridgehead atoms. The minimum absolute atomic E-state index is 0.0747. The number of nitrogens with zero attached hydrogens (tertiary/aromatic N) is 1. The number of likely N-dealkylation sites (tertiary alicyclic amines) is 1. The number of amides is 1. The molecular formula is C21H26ClN3OS. The van der Waals surface area contributed by atoms with E-state index < -0.39 is 0 Å². The van der Waals surface area contributed by atoms with Crippen LogP contribution in [0.5, 0.6) is 0 Å². The van der Waals surface area contributed by atoms with Crippen LogP contribution in [0.1, 0.15) is 17.5 Å². The lowest BCUT2D eigenvalue weighted by molar-refractivity contribution is -0.125. The van der Waals surface area contributed by atoms with E-state index in [1.165, 1.54) is 10.5 Å². The van der Waals surface area contributed by atoms with E-state index in [9.17, 15) is 4.79 Å². The first-order chi connectivity index (χ1) is 13.1. The Labute approximate surface area is 170 Å². The monoisotopic (exact) mass is 403 g/mol. The fraction of sp³-hybridized carbons (Fsp3) is 0.381. The SMILES string of the molecule is CNC(=O)[C@@H]1C[C@@H](NCc2ccc(SC)cc2)CN1Cc1cccc(Cl)c1. The largest absolute Gasteiger partial charge is 0.358 e. The number of likely N-dealkylation sites (N-methyl/N-ethyl adjacent to an activating group) is 1. The number of hydrogen-bond acceptors (Lipinski definition) is 4. The number of rotatable bonds is 7. The average molecular weight is 404 g/mol. The minimum Gasteiger partial charge on any atom is -0.358 e. The van der Waals surface area contributed by atoms with Crippen molar-refractivity contribution in [1.82, 2.24) is 15.5 Å². The Morgan fingerprint density at radius 3 is 2.67 bits per heavy atom. The van der Waals surface area contributed by atoms with E-state index >= 15 is 0 Å². The fourth-order valence-corrected chi connectivity index (χ4v) is 4.16. The topological polar surface area (TPSA) is 44.4 Å². The minimum atomic E-state index is -0.120. The van der Waals surface area contributed by atoms with Crippen molar-refractivity contribution in [3.8, 4) is 0 Å². The number of nitrogens with one attached hydrogen (secondary N) is 2. The van der Waals surface area contributed by atoms with E-state index in [-0.39, 0.29) is 18.0 Å². The Balaban J connectivity index is 1.62. The van der Waals surface area contributed by atoms with Crippen LogP contribution in [-0.4, -0.2) is 42.7 Å². The van der Waals surface area contributed by atoms with Crippen LogP contribution in [-0.2, 0) is 17.9 Å². The summed E-state index contributed by atoms with van der Waals surface area (Å²) in [6.45, 7) is 2.37. The normalized spacial score (nSPS) is 20.0. The molecule has 0 spiro atoms. The van der Waals surface area contributed by atoms with Gasteiger partial charge in [-0.1, -0.05) is 35.9 Å². The van der Waals surface area contributed by atoms with Gasteiger partial charge in [-0.2, -0.15) is 0 Å². The van der Waals surface area contributed by atoms with Crippen LogP contribution in [0.25, 0.3) is 0 Å². The van der Waals surface area contributed by atoms with Crippen molar-refractivity contribution >= 4 is 29.3 Å². The van der Waals surface area contributed by atoms with Gasteiger partial charge in [0.1, 0.15) is 0 Å². The first-order valence-corrected chi connectivity index (χ1v) is 10.8. The molecule has 4 nitrogen and oxygen atoms in total. The second kappa shape index (κ2) is 9.60. The molecule has 2 aromatic carbocycles. The maximum absolute atomic E-state index is 12.4. The molecule has 3 rings (SSSR count). The molecule has 2 atom stereocenters. The Morgan fingerprint density at radius 1 is 1.22 bits per heavy atom. The average Bonchev–Trinajstić information content (AvgIpc) is 3.09. The first kappa shape index (κ1) is 20.2. The standard InChI is InChI=1S/C21H26ClN3OS/c1-23-21(26)20-11-18(24-12-15-6-8-19(27-2)9-7-15)14-25(20)13-16-4-3-5-17(22)10-16/h3-10,18,20,24H,11-14H2,1-2H3,(H,23,26)/t18-,20+/m1/s1. The molecule has 6 heteroatoms. The molecule has 0 saturated carbocycles. The molecule has 0 aromatic heterocycles. The molecule has 0 unspecified atom stereocenters. The molecule has 27 heavy (non-hydrogen) atoms. The van der Waals surface area contributed by atoms with Crippen molar-refractivity contribution < 1.29 is 4.79 Å². The molecule has 0 aliphatic carbocycles. The second-order valence-corrected chi connectivity index (χ2v) is 8.17. The zero-order chi connectivity index (χ0) is 19.2. The molecule has 0 radical (unpaired) electrons. The summed E-state index contributed by atoms with van der Waals surface area (Å²) < 4.78 is 0. The summed E-state index contributed by atoms with van der Waals surface area (Å²) in [6, 6.07) is 16.6. The van der Waals surface area contributed by atoms with Crippen molar-refractivity contribution in [2.45, 2.75) is 36.5 Å². The van der Waals surface area contributed by atoms with Gasteiger partial charge in [-0.3, -0.25) is 9.69 Å². The Morgan fingerprint density at radius 2 is 2.00 bits per heavy atom. The lowest BCUT2D eigenvalue weighted by Crippen LogP contribution is -2.41. The Bertz CT molecular complexity index is 768. The van der Waals surface area contributed by atoms with Crippen molar-refractivity contribution in [2.24, 2.45) is 0 Å². The molecule has 1 amide bonds. The number of halogens is 1. The van der Waals surface area contributed by atoms with Gasteiger partial charge >= 0.3 is 0 Å². The van der Waals surface area contributed by atoms with Gasteiger partial charge in [0, 0.05) is 42.6 Å². The molecule has 1 aliphatic rings.